The molecule has 3 N–H and O–H groups in total. The number of nitrogens with zero attached hydrogens (tertiary/aromatic N) is 5. The van der Waals surface area contributed by atoms with Gasteiger partial charge in [0, 0.05) is 48.9 Å². The third kappa shape index (κ3) is 8.28. The van der Waals surface area contributed by atoms with Crippen molar-refractivity contribution >= 4 is 38.5 Å². The van der Waals surface area contributed by atoms with Gasteiger partial charge in [-0.3, -0.25) is 9.20 Å². The molecule has 1 aliphatic heterocycles. The minimum atomic E-state index is -3.02. The number of pyridine rings is 1. The van der Waals surface area contributed by atoms with E-state index in [9.17, 15) is 26.4 Å². The van der Waals surface area contributed by atoms with Gasteiger partial charge in [-0.25, -0.2) is 36.5 Å². The maximum absolute atomic E-state index is 14.6. The van der Waals surface area contributed by atoms with Gasteiger partial charge in [0.25, 0.3) is 5.91 Å². The summed E-state index contributed by atoms with van der Waals surface area (Å²) in [4.78, 5) is 30.1. The second-order valence-corrected chi connectivity index (χ2v) is 16.5. The molecule has 12 nitrogen and oxygen atoms in total. The quantitative estimate of drug-likeness (QED) is 0.125. The highest BCUT2D eigenvalue weighted by Gasteiger charge is 2.27. The summed E-state index contributed by atoms with van der Waals surface area (Å²) in [5.74, 6) is -1.80. The predicted octanol–water partition coefficient (Wildman–Crippen LogP) is 7.74. The van der Waals surface area contributed by atoms with Crippen LogP contribution in [0.5, 0.6) is 11.5 Å². The van der Waals surface area contributed by atoms with Crippen molar-refractivity contribution in [3.8, 4) is 45.5 Å². The molecule has 4 heterocycles. The van der Waals surface area contributed by atoms with Crippen molar-refractivity contribution in [3.05, 3.63) is 102 Å². The lowest BCUT2D eigenvalue weighted by atomic mass is 9.93. The number of carbonyl (C=O) groups excluding carboxylic acids is 1. The van der Waals surface area contributed by atoms with Crippen molar-refractivity contribution in [2.24, 2.45) is 5.92 Å². The number of imidazole rings is 1. The second kappa shape index (κ2) is 16.4. The normalized spacial score (nSPS) is 13.5. The van der Waals surface area contributed by atoms with Gasteiger partial charge in [0.05, 0.1) is 48.2 Å². The lowest BCUT2D eigenvalue weighted by Gasteiger charge is -2.35. The Morgan fingerprint density at radius 1 is 0.983 bits per heavy atom. The lowest BCUT2D eigenvalue weighted by molar-refractivity contribution is 0.102. The Kier molecular flexibility index (Phi) is 11.3. The first-order chi connectivity index (χ1) is 27.7. The zero-order valence-electron chi connectivity index (χ0n) is 32.4. The molecule has 0 radical (unpaired) electrons. The van der Waals surface area contributed by atoms with Gasteiger partial charge < -0.3 is 25.4 Å². The number of nitrogens with one attached hydrogen (secondary N) is 1. The van der Waals surface area contributed by atoms with Crippen molar-refractivity contribution in [1.29, 1.82) is 0 Å². The molecule has 3 aromatic carbocycles. The summed E-state index contributed by atoms with van der Waals surface area (Å²) in [5.41, 5.74) is 10.2. The monoisotopic (exact) mass is 813 g/mol. The van der Waals surface area contributed by atoms with Gasteiger partial charge in [-0.05, 0) is 87.1 Å². The molecule has 1 amide bonds. The molecule has 7 rings (SSSR count). The zero-order valence-corrected chi connectivity index (χ0v) is 33.2. The number of benzene rings is 3. The lowest BCUT2D eigenvalue weighted by Crippen LogP contribution is -2.34. The summed E-state index contributed by atoms with van der Waals surface area (Å²) < 4.78 is 80.4. The Labute approximate surface area is 333 Å². The molecule has 0 bridgehead atoms. The van der Waals surface area contributed by atoms with Crippen molar-refractivity contribution < 1.29 is 35.9 Å². The number of carbonyl (C=O) groups is 1. The van der Waals surface area contributed by atoms with Crippen molar-refractivity contribution in [2.45, 2.75) is 33.1 Å². The van der Waals surface area contributed by atoms with E-state index in [2.05, 4.69) is 15.2 Å². The third-order valence-corrected chi connectivity index (χ3v) is 11.2. The molecule has 0 saturated carbocycles. The van der Waals surface area contributed by atoms with Gasteiger partial charge in [-0.1, -0.05) is 6.07 Å². The Hall–Kier alpha value is -6.16. The number of fused-ring (bicyclic) bond motifs is 1. The number of hydrogen-bond donors (Lipinski definition) is 2. The number of rotatable bonds is 12. The molecule has 1 saturated heterocycles. The van der Waals surface area contributed by atoms with E-state index in [0.29, 0.717) is 47.3 Å². The number of sulfone groups is 1. The Balaban J connectivity index is 1.29. The minimum absolute atomic E-state index is 0.0526. The Bertz CT molecular complexity index is 2630. The number of hydrogen-bond acceptors (Lipinski definition) is 10. The number of nitrogen functional groups attached to an aromatic ring is 1. The van der Waals surface area contributed by atoms with Crippen LogP contribution in [0.3, 0.4) is 0 Å². The van der Waals surface area contributed by atoms with Gasteiger partial charge in [0.15, 0.2) is 5.82 Å². The number of ether oxygens (including phenoxy) is 2. The minimum Gasteiger partial charge on any atom is -0.496 e. The van der Waals surface area contributed by atoms with Gasteiger partial charge in [0.1, 0.15) is 61.5 Å². The molecule has 0 unspecified atom stereocenters. The van der Waals surface area contributed by atoms with Gasteiger partial charge >= 0.3 is 0 Å². The van der Waals surface area contributed by atoms with Crippen LogP contribution in [0.4, 0.5) is 30.2 Å². The standard InChI is InChI=1S/C42H42F3N7O5S/c1-5-57-35-22-33(51-15-11-25(12-16-51)14-18-58(4,54)55)24(2)19-28(35)41-47-23-32(46)39(49-41)40-37(48-36-21-27(43)13-17-52(36)40)26-9-10-34(56-3)29(20-26)42(53)50-38-30(44)7-6-8-31(38)45/h6-10,13,17,19-23,25H,5,11-12,14-16,18,46H2,1-4H3,(H,50,53). The first-order valence-corrected chi connectivity index (χ1v) is 20.8. The van der Waals surface area contributed by atoms with E-state index in [4.69, 9.17) is 25.2 Å². The molecule has 0 atom stereocenters. The summed E-state index contributed by atoms with van der Waals surface area (Å²) in [5, 5.41) is 2.30. The summed E-state index contributed by atoms with van der Waals surface area (Å²) in [6.07, 6.45) is 6.64. The summed E-state index contributed by atoms with van der Waals surface area (Å²) in [6, 6.07) is 14.3. The maximum Gasteiger partial charge on any atom is 0.259 e. The van der Waals surface area contributed by atoms with Gasteiger partial charge in [-0.2, -0.15) is 0 Å². The number of piperidine rings is 1. The largest absolute Gasteiger partial charge is 0.496 e. The van der Waals surface area contributed by atoms with E-state index in [0.717, 1.165) is 49.3 Å². The summed E-state index contributed by atoms with van der Waals surface area (Å²) >= 11 is 0. The second-order valence-electron chi connectivity index (χ2n) is 14.3. The first-order valence-electron chi connectivity index (χ1n) is 18.7. The average Bonchev–Trinajstić information content (AvgIpc) is 3.57. The van der Waals surface area contributed by atoms with Crippen molar-refractivity contribution in [1.82, 2.24) is 19.4 Å². The van der Waals surface area contributed by atoms with E-state index >= 15 is 0 Å². The SMILES string of the molecule is CCOc1cc(N2CCC(CCS(C)(=O)=O)CC2)c(C)cc1-c1ncc(N)c(-c2c(-c3ccc(OC)c(C(=O)Nc4c(F)cccc4F)c3)nc3cc(F)ccn23)n1. The fourth-order valence-corrected chi connectivity index (χ4v) is 8.06. The van der Waals surface area contributed by atoms with E-state index < -0.39 is 38.9 Å². The van der Waals surface area contributed by atoms with E-state index in [-0.39, 0.29) is 39.8 Å². The Morgan fingerprint density at radius 3 is 2.41 bits per heavy atom. The third-order valence-electron chi connectivity index (χ3n) is 10.2. The van der Waals surface area contributed by atoms with E-state index in [1.54, 1.807) is 10.5 Å². The van der Waals surface area contributed by atoms with Crippen molar-refractivity contribution in [3.63, 3.8) is 0 Å². The summed E-state index contributed by atoms with van der Waals surface area (Å²) in [7, 11) is -1.66. The molecule has 6 aromatic rings. The molecule has 1 aliphatic rings. The topological polar surface area (TPSA) is 154 Å². The molecule has 0 aliphatic carbocycles. The fraction of sp³-hybridized carbons (Fsp3) is 0.286. The van der Waals surface area contributed by atoms with Crippen LogP contribution in [0, 0.1) is 30.3 Å². The number of methoxy groups -OCH3 is 1. The highest BCUT2D eigenvalue weighted by atomic mass is 32.2. The van der Waals surface area contributed by atoms with Crippen LogP contribution in [0.1, 0.15) is 42.1 Å². The van der Waals surface area contributed by atoms with E-state index in [1.165, 1.54) is 56.1 Å². The zero-order chi connectivity index (χ0) is 41.3. The van der Waals surface area contributed by atoms with Crippen LogP contribution >= 0.6 is 0 Å². The first kappa shape index (κ1) is 40.1. The molecule has 58 heavy (non-hydrogen) atoms. The van der Waals surface area contributed by atoms with Crippen LogP contribution in [0.25, 0.3) is 39.7 Å². The highest BCUT2D eigenvalue weighted by Crippen LogP contribution is 2.41. The number of nitrogens with two attached hydrogens (primary N) is 1. The number of halogens is 3. The number of aromatic nitrogens is 4. The van der Waals surface area contributed by atoms with Gasteiger partial charge in [-0.15, -0.1) is 0 Å². The Morgan fingerprint density at radius 2 is 1.72 bits per heavy atom. The van der Waals surface area contributed by atoms with E-state index in [1.807, 2.05) is 26.0 Å². The molecule has 1 fully saturated rings. The molecule has 16 heteroatoms. The molecule has 302 valence electrons. The van der Waals surface area contributed by atoms with Crippen LogP contribution in [-0.2, 0) is 9.84 Å². The predicted molar refractivity (Wildman–Crippen MR) is 217 cm³/mol. The van der Waals surface area contributed by atoms with Crippen LogP contribution < -0.4 is 25.4 Å². The fourth-order valence-electron chi connectivity index (χ4n) is 7.30. The van der Waals surface area contributed by atoms with Crippen LogP contribution in [-0.4, -0.2) is 72.5 Å². The molecular formula is C42H42F3N7O5S. The van der Waals surface area contributed by atoms with Crippen molar-refractivity contribution in [2.75, 3.05) is 54.8 Å². The molecule has 0 spiro atoms. The van der Waals surface area contributed by atoms with Crippen LogP contribution in [0.2, 0.25) is 0 Å². The highest BCUT2D eigenvalue weighted by molar-refractivity contribution is 7.90. The molecule has 3 aromatic heterocycles. The van der Waals surface area contributed by atoms with Gasteiger partial charge in [0.2, 0.25) is 0 Å². The number of aryl methyl sites for hydroxylation is 1. The maximum atomic E-state index is 14.6. The smallest absolute Gasteiger partial charge is 0.259 e. The van der Waals surface area contributed by atoms with Crippen LogP contribution in [0.15, 0.2) is 73.1 Å². The molecular weight excluding hydrogens is 772 g/mol. The number of para-hydroxylation sites is 1. The number of anilines is 3. The summed E-state index contributed by atoms with van der Waals surface area (Å²) in [6.45, 7) is 5.79. The average molecular weight is 814 g/mol. The number of amides is 1.